The molecule has 2 atom stereocenters. The number of ether oxygens (including phenoxy) is 1. The minimum atomic E-state index is 0.678. The van der Waals surface area contributed by atoms with Crippen LogP contribution in [0, 0.1) is 11.8 Å². The van der Waals surface area contributed by atoms with E-state index in [1.165, 1.54) is 12.8 Å². The van der Waals surface area contributed by atoms with Gasteiger partial charge in [0.1, 0.15) is 0 Å². The third kappa shape index (κ3) is 3.39. The minimum absolute atomic E-state index is 0.678. The molecule has 0 aliphatic carbocycles. The van der Waals surface area contributed by atoms with E-state index in [0.29, 0.717) is 5.25 Å². The van der Waals surface area contributed by atoms with Gasteiger partial charge in [-0.05, 0) is 24.7 Å². The van der Waals surface area contributed by atoms with E-state index in [1.54, 1.807) is 0 Å². The van der Waals surface area contributed by atoms with Crippen LogP contribution in [0.3, 0.4) is 0 Å². The Kier molecular flexibility index (Phi) is 4.53. The standard InChI is InChI=1S/C12H22N2OS/c1-9(2)11-7-14-12(16-11)13-5-3-10-4-6-15-8-10/h9-11H,3-8H2,1-2H3,(H,13,14). The van der Waals surface area contributed by atoms with Crippen LogP contribution in [-0.2, 0) is 4.74 Å². The highest BCUT2D eigenvalue weighted by Crippen LogP contribution is 2.26. The van der Waals surface area contributed by atoms with Gasteiger partial charge in [-0.3, -0.25) is 4.99 Å². The Morgan fingerprint density at radius 1 is 1.56 bits per heavy atom. The van der Waals surface area contributed by atoms with Gasteiger partial charge in [-0.1, -0.05) is 25.6 Å². The summed E-state index contributed by atoms with van der Waals surface area (Å²) >= 11 is 1.91. The summed E-state index contributed by atoms with van der Waals surface area (Å²) in [6, 6.07) is 0. The molecule has 0 bridgehead atoms. The maximum absolute atomic E-state index is 5.36. The minimum Gasteiger partial charge on any atom is -0.381 e. The van der Waals surface area contributed by atoms with Gasteiger partial charge in [0.2, 0.25) is 0 Å². The first kappa shape index (κ1) is 12.2. The summed E-state index contributed by atoms with van der Waals surface area (Å²) in [5.74, 6) is 1.48. The van der Waals surface area contributed by atoms with Crippen molar-refractivity contribution in [2.75, 3.05) is 26.3 Å². The molecule has 3 nitrogen and oxygen atoms in total. The van der Waals surface area contributed by atoms with E-state index in [4.69, 9.17) is 4.74 Å². The van der Waals surface area contributed by atoms with E-state index < -0.39 is 0 Å². The monoisotopic (exact) mass is 242 g/mol. The molecule has 2 rings (SSSR count). The van der Waals surface area contributed by atoms with Gasteiger partial charge in [-0.15, -0.1) is 0 Å². The zero-order valence-electron chi connectivity index (χ0n) is 10.2. The molecule has 0 amide bonds. The fourth-order valence-corrected chi connectivity index (χ4v) is 3.07. The van der Waals surface area contributed by atoms with Crippen LogP contribution < -0.4 is 5.32 Å². The fourth-order valence-electron chi connectivity index (χ4n) is 2.03. The summed E-state index contributed by atoms with van der Waals surface area (Å²) in [4.78, 5) is 4.54. The molecule has 4 heteroatoms. The molecule has 0 saturated carbocycles. The lowest BCUT2D eigenvalue weighted by atomic mass is 10.1. The van der Waals surface area contributed by atoms with Crippen LogP contribution in [0.1, 0.15) is 26.7 Å². The number of nitrogens with one attached hydrogen (secondary N) is 1. The summed E-state index contributed by atoms with van der Waals surface area (Å²) in [5.41, 5.74) is 0. The first-order chi connectivity index (χ1) is 7.75. The number of hydrogen-bond donors (Lipinski definition) is 1. The Labute approximate surface area is 102 Å². The summed E-state index contributed by atoms with van der Waals surface area (Å²) in [6.45, 7) is 8.48. The predicted molar refractivity (Wildman–Crippen MR) is 70.1 cm³/mol. The molecule has 0 aromatic rings. The van der Waals surface area contributed by atoms with E-state index in [-0.39, 0.29) is 0 Å². The summed E-state index contributed by atoms with van der Waals surface area (Å²) in [6.07, 6.45) is 2.45. The number of amidine groups is 1. The van der Waals surface area contributed by atoms with Crippen molar-refractivity contribution in [1.82, 2.24) is 5.32 Å². The third-order valence-corrected chi connectivity index (χ3v) is 4.77. The van der Waals surface area contributed by atoms with E-state index >= 15 is 0 Å². The Morgan fingerprint density at radius 3 is 3.06 bits per heavy atom. The zero-order valence-corrected chi connectivity index (χ0v) is 11.1. The zero-order chi connectivity index (χ0) is 11.4. The van der Waals surface area contributed by atoms with Crippen molar-refractivity contribution >= 4 is 16.9 Å². The smallest absolute Gasteiger partial charge is 0.156 e. The average Bonchev–Trinajstić information content (AvgIpc) is 2.87. The van der Waals surface area contributed by atoms with Crippen LogP contribution in [0.5, 0.6) is 0 Å². The Bertz CT molecular complexity index is 249. The van der Waals surface area contributed by atoms with E-state index in [9.17, 15) is 0 Å². The third-order valence-electron chi connectivity index (χ3n) is 3.27. The normalized spacial score (nSPS) is 29.8. The molecule has 2 aliphatic heterocycles. The van der Waals surface area contributed by atoms with Gasteiger partial charge in [-0.2, -0.15) is 0 Å². The maximum Gasteiger partial charge on any atom is 0.156 e. The average molecular weight is 242 g/mol. The largest absolute Gasteiger partial charge is 0.381 e. The van der Waals surface area contributed by atoms with Crippen molar-refractivity contribution in [2.24, 2.45) is 16.8 Å². The first-order valence-electron chi connectivity index (χ1n) is 6.28. The second-order valence-electron chi connectivity index (χ2n) is 4.99. The summed E-state index contributed by atoms with van der Waals surface area (Å²) < 4.78 is 5.36. The van der Waals surface area contributed by atoms with Crippen LogP contribution in [0.25, 0.3) is 0 Å². The van der Waals surface area contributed by atoms with Crippen molar-refractivity contribution in [3.8, 4) is 0 Å². The van der Waals surface area contributed by atoms with Crippen molar-refractivity contribution in [3.05, 3.63) is 0 Å². The molecule has 1 saturated heterocycles. The number of rotatable bonds is 4. The van der Waals surface area contributed by atoms with Gasteiger partial charge in [0.25, 0.3) is 0 Å². The molecular weight excluding hydrogens is 220 g/mol. The van der Waals surface area contributed by atoms with Gasteiger partial charge >= 0.3 is 0 Å². The maximum atomic E-state index is 5.36. The number of thioether (sulfide) groups is 1. The Balaban J connectivity index is 1.60. The molecule has 2 unspecified atom stereocenters. The van der Waals surface area contributed by atoms with Gasteiger partial charge in [-0.25, -0.2) is 0 Å². The molecule has 0 spiro atoms. The molecule has 0 aromatic heterocycles. The van der Waals surface area contributed by atoms with E-state index in [2.05, 4.69) is 24.2 Å². The highest BCUT2D eigenvalue weighted by Gasteiger charge is 2.22. The fraction of sp³-hybridized carbons (Fsp3) is 0.917. The molecule has 1 fully saturated rings. The van der Waals surface area contributed by atoms with E-state index in [1.807, 2.05) is 11.8 Å². The summed E-state index contributed by atoms with van der Waals surface area (Å²) in [5, 5.41) is 5.28. The molecule has 92 valence electrons. The molecular formula is C12H22N2OS. The van der Waals surface area contributed by atoms with Gasteiger partial charge in [0.15, 0.2) is 5.17 Å². The van der Waals surface area contributed by atoms with Gasteiger partial charge in [0.05, 0.1) is 6.54 Å². The molecule has 16 heavy (non-hydrogen) atoms. The lowest BCUT2D eigenvalue weighted by Gasteiger charge is -2.13. The van der Waals surface area contributed by atoms with Crippen molar-refractivity contribution in [3.63, 3.8) is 0 Å². The Morgan fingerprint density at radius 2 is 2.44 bits per heavy atom. The predicted octanol–water partition coefficient (Wildman–Crippen LogP) is 2.13. The highest BCUT2D eigenvalue weighted by atomic mass is 32.2. The number of nitrogens with zero attached hydrogens (tertiary/aromatic N) is 1. The van der Waals surface area contributed by atoms with Crippen molar-refractivity contribution < 1.29 is 4.74 Å². The van der Waals surface area contributed by atoms with Crippen LogP contribution in [0.2, 0.25) is 0 Å². The SMILES string of the molecule is CC(C)C1CN=C(NCCC2CCOC2)S1. The molecule has 2 aliphatic rings. The van der Waals surface area contributed by atoms with Crippen LogP contribution in [0.15, 0.2) is 4.99 Å². The second kappa shape index (κ2) is 5.92. The van der Waals surface area contributed by atoms with Crippen molar-refractivity contribution in [2.45, 2.75) is 31.9 Å². The van der Waals surface area contributed by atoms with Crippen LogP contribution >= 0.6 is 11.8 Å². The van der Waals surface area contributed by atoms with Gasteiger partial charge in [0, 0.05) is 25.0 Å². The van der Waals surface area contributed by atoms with Crippen molar-refractivity contribution in [1.29, 1.82) is 0 Å². The molecule has 2 heterocycles. The lowest BCUT2D eigenvalue weighted by molar-refractivity contribution is 0.184. The molecule has 1 N–H and O–H groups in total. The quantitative estimate of drug-likeness (QED) is 0.820. The van der Waals surface area contributed by atoms with E-state index in [0.717, 1.165) is 43.3 Å². The molecule has 0 aromatic carbocycles. The van der Waals surface area contributed by atoms with Crippen LogP contribution in [-0.4, -0.2) is 36.7 Å². The lowest BCUT2D eigenvalue weighted by Crippen LogP contribution is -2.23. The first-order valence-corrected chi connectivity index (χ1v) is 7.16. The van der Waals surface area contributed by atoms with Crippen LogP contribution in [0.4, 0.5) is 0 Å². The molecule has 0 radical (unpaired) electrons. The summed E-state index contributed by atoms with van der Waals surface area (Å²) in [7, 11) is 0. The highest BCUT2D eigenvalue weighted by molar-refractivity contribution is 8.14. The van der Waals surface area contributed by atoms with Gasteiger partial charge < -0.3 is 10.1 Å². The number of aliphatic imine (C=N–C) groups is 1. The second-order valence-corrected chi connectivity index (χ2v) is 6.22. The topological polar surface area (TPSA) is 33.6 Å². The Hall–Kier alpha value is -0.220. The number of hydrogen-bond acceptors (Lipinski definition) is 4.